The van der Waals surface area contributed by atoms with Gasteiger partial charge in [-0.3, -0.25) is 9.59 Å². The van der Waals surface area contributed by atoms with Gasteiger partial charge in [-0.05, 0) is 60.9 Å². The van der Waals surface area contributed by atoms with Crippen molar-refractivity contribution in [3.63, 3.8) is 0 Å². The molecule has 0 heterocycles. The Bertz CT molecular complexity index is 1280. The van der Waals surface area contributed by atoms with Crippen molar-refractivity contribution >= 4 is 35.9 Å². The summed E-state index contributed by atoms with van der Waals surface area (Å²) in [5.74, 6) is 0.323. The van der Waals surface area contributed by atoms with Gasteiger partial charge in [-0.25, -0.2) is 9.59 Å². The number of amides is 2. The van der Waals surface area contributed by atoms with Gasteiger partial charge >= 0.3 is 11.9 Å². The van der Waals surface area contributed by atoms with E-state index in [0.29, 0.717) is 12.1 Å². The van der Waals surface area contributed by atoms with Crippen LogP contribution in [0.5, 0.6) is 11.5 Å². The number of hydrogen-bond acceptors (Lipinski definition) is 8. The zero-order valence-corrected chi connectivity index (χ0v) is 26.4. The first kappa shape index (κ1) is 37.2. The van der Waals surface area contributed by atoms with E-state index in [1.807, 2.05) is 57.2 Å². The van der Waals surface area contributed by atoms with Crippen molar-refractivity contribution in [1.82, 2.24) is 10.6 Å². The highest BCUT2D eigenvalue weighted by atomic mass is 16.5. The third-order valence-corrected chi connectivity index (χ3v) is 6.21. The molecule has 0 aliphatic carbocycles. The van der Waals surface area contributed by atoms with Gasteiger partial charge in [-0.1, -0.05) is 51.6 Å². The zero-order valence-electron chi connectivity index (χ0n) is 26.4. The Labute approximate surface area is 260 Å². The number of carbonyl (C=O) groups is 4. The molecule has 2 N–H and O–H groups in total. The second kappa shape index (κ2) is 20.1. The molecule has 2 aromatic rings. The van der Waals surface area contributed by atoms with Crippen molar-refractivity contribution in [1.29, 1.82) is 0 Å². The SMILES string of the molecule is C=C(C)C(=O)NCCOC(=O)/C=C/c1ccc(OC)cc1.CCC(C)(C)C(=O)NCCOC(=O)/C=C/c1ccc(OC)cc1. The molecule has 10 nitrogen and oxygen atoms in total. The van der Waals surface area contributed by atoms with Gasteiger partial charge in [0.2, 0.25) is 11.8 Å². The second-order valence-electron chi connectivity index (χ2n) is 10.1. The van der Waals surface area contributed by atoms with Crippen LogP contribution in [-0.2, 0) is 28.7 Å². The summed E-state index contributed by atoms with van der Waals surface area (Å²) in [5.41, 5.74) is 1.75. The van der Waals surface area contributed by atoms with Crippen LogP contribution < -0.4 is 20.1 Å². The molecule has 0 saturated heterocycles. The minimum atomic E-state index is -0.463. The molecule has 0 aliphatic rings. The molecule has 2 aromatic carbocycles. The van der Waals surface area contributed by atoms with E-state index >= 15 is 0 Å². The predicted molar refractivity (Wildman–Crippen MR) is 171 cm³/mol. The number of esters is 2. The van der Waals surface area contributed by atoms with E-state index in [4.69, 9.17) is 18.9 Å². The van der Waals surface area contributed by atoms with Crippen molar-refractivity contribution in [2.75, 3.05) is 40.5 Å². The highest BCUT2D eigenvalue weighted by molar-refractivity contribution is 5.92. The monoisotopic (exact) mass is 608 g/mol. The lowest BCUT2D eigenvalue weighted by molar-refractivity contribution is -0.139. The first-order valence-electron chi connectivity index (χ1n) is 14.1. The summed E-state index contributed by atoms with van der Waals surface area (Å²) in [5, 5.41) is 5.33. The van der Waals surface area contributed by atoms with E-state index in [1.165, 1.54) is 12.2 Å². The van der Waals surface area contributed by atoms with Crippen LogP contribution in [0.3, 0.4) is 0 Å². The summed E-state index contributed by atoms with van der Waals surface area (Å²) in [6.45, 7) is 11.7. The average Bonchev–Trinajstić information content (AvgIpc) is 3.03. The van der Waals surface area contributed by atoms with Gasteiger partial charge in [0, 0.05) is 23.1 Å². The van der Waals surface area contributed by atoms with Crippen LogP contribution in [0.15, 0.2) is 72.8 Å². The summed E-state index contributed by atoms with van der Waals surface area (Å²) < 4.78 is 20.1. The van der Waals surface area contributed by atoms with Crippen molar-refractivity contribution in [2.45, 2.75) is 34.1 Å². The lowest BCUT2D eigenvalue weighted by atomic mass is 9.89. The van der Waals surface area contributed by atoms with Crippen molar-refractivity contribution < 1.29 is 38.1 Å². The molecule has 0 bridgehead atoms. The van der Waals surface area contributed by atoms with Gasteiger partial charge in [0.25, 0.3) is 0 Å². The minimum Gasteiger partial charge on any atom is -0.497 e. The second-order valence-corrected chi connectivity index (χ2v) is 10.1. The fourth-order valence-corrected chi connectivity index (χ4v) is 3.04. The number of benzene rings is 2. The van der Waals surface area contributed by atoms with Gasteiger partial charge in [-0.2, -0.15) is 0 Å². The number of methoxy groups -OCH3 is 2. The van der Waals surface area contributed by atoms with Crippen LogP contribution in [0.1, 0.15) is 45.2 Å². The standard InChI is InChI=1S/C18H25NO4.C16H19NO4/c1-5-18(2,3)17(21)19-12-13-23-16(20)11-8-14-6-9-15(22-4)10-7-14;1-12(2)16(19)17-10-11-21-15(18)9-6-13-4-7-14(20-3)8-5-13/h6-11H,5,12-13H2,1-4H3,(H,19,21);4-9H,1,10-11H2,2-3H3,(H,17,19)/b11-8+;9-6+. The summed E-state index contributed by atoms with van der Waals surface area (Å²) in [6.07, 6.45) is 6.76. The first-order chi connectivity index (χ1) is 20.9. The van der Waals surface area contributed by atoms with Gasteiger partial charge in [0.05, 0.1) is 27.3 Å². The molecule has 0 spiro atoms. The molecule has 0 fully saturated rings. The molecule has 238 valence electrons. The molecule has 44 heavy (non-hydrogen) atoms. The molecule has 2 rings (SSSR count). The Balaban J connectivity index is 0.000000442. The van der Waals surface area contributed by atoms with Crippen molar-refractivity contribution in [2.24, 2.45) is 5.41 Å². The molecule has 0 aliphatic heterocycles. The van der Waals surface area contributed by atoms with Crippen LogP contribution in [0.25, 0.3) is 12.2 Å². The zero-order chi connectivity index (χ0) is 33.0. The summed E-state index contributed by atoms with van der Waals surface area (Å²) in [7, 11) is 3.19. The van der Waals surface area contributed by atoms with Crippen molar-refractivity contribution in [3.8, 4) is 11.5 Å². The molecule has 0 aromatic heterocycles. The van der Waals surface area contributed by atoms with Crippen LogP contribution in [-0.4, -0.2) is 64.3 Å². The van der Waals surface area contributed by atoms with Gasteiger partial charge in [-0.15, -0.1) is 0 Å². The Kier molecular flexibility index (Phi) is 17.0. The number of hydrogen-bond donors (Lipinski definition) is 2. The number of nitrogens with one attached hydrogen (secondary N) is 2. The van der Waals surface area contributed by atoms with Crippen LogP contribution >= 0.6 is 0 Å². The molecular formula is C34H44N2O8. The molecule has 0 atom stereocenters. The van der Waals surface area contributed by atoms with E-state index in [0.717, 1.165) is 29.0 Å². The molecule has 0 radical (unpaired) electrons. The lowest BCUT2D eigenvalue weighted by Crippen LogP contribution is -2.38. The molecule has 0 unspecified atom stereocenters. The topological polar surface area (TPSA) is 129 Å². The van der Waals surface area contributed by atoms with Gasteiger partial charge < -0.3 is 29.6 Å². The average molecular weight is 609 g/mol. The van der Waals surface area contributed by atoms with Gasteiger partial charge in [0.15, 0.2) is 0 Å². The van der Waals surface area contributed by atoms with Crippen LogP contribution in [0.4, 0.5) is 0 Å². The van der Waals surface area contributed by atoms with E-state index < -0.39 is 17.4 Å². The van der Waals surface area contributed by atoms with Crippen LogP contribution in [0, 0.1) is 5.41 Å². The maximum absolute atomic E-state index is 11.8. The Morgan fingerprint density at radius 2 is 1.16 bits per heavy atom. The highest BCUT2D eigenvalue weighted by Crippen LogP contribution is 2.19. The first-order valence-corrected chi connectivity index (χ1v) is 14.1. The summed E-state index contributed by atoms with van der Waals surface area (Å²) in [4.78, 5) is 46.0. The van der Waals surface area contributed by atoms with Crippen molar-refractivity contribution in [3.05, 3.63) is 84.0 Å². The number of ether oxygens (including phenoxy) is 4. The van der Waals surface area contributed by atoms with E-state index in [9.17, 15) is 19.2 Å². The Hall–Kier alpha value is -4.86. The summed E-state index contributed by atoms with van der Waals surface area (Å²) >= 11 is 0. The van der Waals surface area contributed by atoms with E-state index in [1.54, 1.807) is 45.4 Å². The number of rotatable bonds is 15. The van der Waals surface area contributed by atoms with E-state index in [2.05, 4.69) is 17.2 Å². The molecular weight excluding hydrogens is 564 g/mol. The molecule has 10 heteroatoms. The predicted octanol–water partition coefficient (Wildman–Crippen LogP) is 4.75. The Morgan fingerprint density at radius 1 is 0.750 bits per heavy atom. The smallest absolute Gasteiger partial charge is 0.330 e. The molecule has 2 amide bonds. The maximum Gasteiger partial charge on any atom is 0.330 e. The lowest BCUT2D eigenvalue weighted by Gasteiger charge is -2.21. The molecule has 0 saturated carbocycles. The third-order valence-electron chi connectivity index (χ3n) is 6.21. The van der Waals surface area contributed by atoms with Crippen LogP contribution in [0.2, 0.25) is 0 Å². The number of carbonyl (C=O) groups excluding carboxylic acids is 4. The normalized spacial score (nSPS) is 10.8. The maximum atomic E-state index is 11.8. The Morgan fingerprint density at radius 3 is 1.52 bits per heavy atom. The highest BCUT2D eigenvalue weighted by Gasteiger charge is 2.24. The largest absolute Gasteiger partial charge is 0.497 e. The van der Waals surface area contributed by atoms with E-state index in [-0.39, 0.29) is 31.6 Å². The fourth-order valence-electron chi connectivity index (χ4n) is 3.04. The third kappa shape index (κ3) is 15.4. The quantitative estimate of drug-likeness (QED) is 0.168. The summed E-state index contributed by atoms with van der Waals surface area (Å²) in [6, 6.07) is 14.6. The van der Waals surface area contributed by atoms with Gasteiger partial charge in [0.1, 0.15) is 24.7 Å². The minimum absolute atomic E-state index is 0.0372. The fraction of sp³-hybridized carbons (Fsp3) is 0.353.